The summed E-state index contributed by atoms with van der Waals surface area (Å²) in [5.74, 6) is 0.523. The molecule has 0 aliphatic heterocycles. The van der Waals surface area contributed by atoms with Crippen molar-refractivity contribution < 1.29 is 0 Å². The molecule has 3 aromatic rings. The van der Waals surface area contributed by atoms with Crippen LogP contribution >= 0.6 is 11.3 Å². The molecule has 0 fully saturated rings. The monoisotopic (exact) mass is 284 g/mol. The Kier molecular flexibility index (Phi) is 3.06. The molecule has 2 aromatic heterocycles. The number of nitrogens with zero attached hydrogens (tertiary/aromatic N) is 2. The van der Waals surface area contributed by atoms with Gasteiger partial charge in [0.05, 0.1) is 21.1 Å². The van der Waals surface area contributed by atoms with Crippen LogP contribution in [0.5, 0.6) is 0 Å². The first-order valence-electron chi connectivity index (χ1n) is 6.40. The number of nitrogen functional groups attached to an aromatic ring is 1. The molecule has 20 heavy (non-hydrogen) atoms. The van der Waals surface area contributed by atoms with Gasteiger partial charge in [0.15, 0.2) is 5.82 Å². The Morgan fingerprint density at radius 2 is 1.95 bits per heavy atom. The van der Waals surface area contributed by atoms with Gasteiger partial charge in [-0.2, -0.15) is 5.10 Å². The van der Waals surface area contributed by atoms with Crippen LogP contribution in [-0.4, -0.2) is 15.2 Å². The van der Waals surface area contributed by atoms with Gasteiger partial charge in [0.2, 0.25) is 0 Å². The van der Waals surface area contributed by atoms with Gasteiger partial charge in [-0.15, -0.1) is 11.3 Å². The third-order valence-electron chi connectivity index (χ3n) is 3.46. The Labute approximate surface area is 121 Å². The molecule has 0 aliphatic rings. The summed E-state index contributed by atoms with van der Waals surface area (Å²) in [6.45, 7) is 6.19. The standard InChI is InChI=1S/C15H16N4S/c1-8-4-5-11(6-9(8)2)13-14(18-19-15(13)16)12-7-17-10(3)20-12/h4-7H,1-3H3,(H3,16,18,19). The van der Waals surface area contributed by atoms with E-state index in [-0.39, 0.29) is 0 Å². The predicted molar refractivity (Wildman–Crippen MR) is 83.8 cm³/mol. The van der Waals surface area contributed by atoms with Crippen molar-refractivity contribution >= 4 is 17.2 Å². The van der Waals surface area contributed by atoms with Crippen molar-refractivity contribution in [1.29, 1.82) is 0 Å². The average molecular weight is 284 g/mol. The van der Waals surface area contributed by atoms with Gasteiger partial charge in [0.1, 0.15) is 0 Å². The maximum Gasteiger partial charge on any atom is 0.153 e. The molecule has 4 nitrogen and oxygen atoms in total. The fourth-order valence-electron chi connectivity index (χ4n) is 2.20. The SMILES string of the molecule is Cc1ncc(-c2[nH]nc(N)c2-c2ccc(C)c(C)c2)s1. The average Bonchev–Trinajstić information content (AvgIpc) is 2.99. The number of nitrogens with two attached hydrogens (primary N) is 1. The number of H-pyrrole nitrogens is 1. The molecular formula is C15H16N4S. The van der Waals surface area contributed by atoms with Gasteiger partial charge in [-0.1, -0.05) is 18.2 Å². The number of thiazole rings is 1. The molecule has 2 heterocycles. The maximum atomic E-state index is 6.05. The zero-order valence-corrected chi connectivity index (χ0v) is 12.5. The number of aromatic nitrogens is 3. The number of aromatic amines is 1. The lowest BCUT2D eigenvalue weighted by Gasteiger charge is -2.06. The molecule has 5 heteroatoms. The van der Waals surface area contributed by atoms with E-state index < -0.39 is 0 Å². The smallest absolute Gasteiger partial charge is 0.153 e. The van der Waals surface area contributed by atoms with Crippen LogP contribution in [0, 0.1) is 20.8 Å². The predicted octanol–water partition coefficient (Wildman–Crippen LogP) is 3.71. The summed E-state index contributed by atoms with van der Waals surface area (Å²) < 4.78 is 0. The van der Waals surface area contributed by atoms with Crippen molar-refractivity contribution in [2.45, 2.75) is 20.8 Å². The highest BCUT2D eigenvalue weighted by Gasteiger charge is 2.16. The first-order chi connectivity index (χ1) is 9.56. The Morgan fingerprint density at radius 3 is 2.60 bits per heavy atom. The van der Waals surface area contributed by atoms with Crippen molar-refractivity contribution in [3.63, 3.8) is 0 Å². The molecular weight excluding hydrogens is 268 g/mol. The number of aryl methyl sites for hydroxylation is 3. The minimum Gasteiger partial charge on any atom is -0.382 e. The highest BCUT2D eigenvalue weighted by molar-refractivity contribution is 7.15. The molecule has 0 bridgehead atoms. The second kappa shape index (κ2) is 4.76. The van der Waals surface area contributed by atoms with E-state index >= 15 is 0 Å². The molecule has 0 saturated heterocycles. The van der Waals surface area contributed by atoms with Crippen LogP contribution in [0.15, 0.2) is 24.4 Å². The normalized spacial score (nSPS) is 10.9. The number of anilines is 1. The summed E-state index contributed by atoms with van der Waals surface area (Å²) in [4.78, 5) is 5.35. The van der Waals surface area contributed by atoms with Crippen LogP contribution in [0.1, 0.15) is 16.1 Å². The summed E-state index contributed by atoms with van der Waals surface area (Å²) in [5.41, 5.74) is 11.5. The van der Waals surface area contributed by atoms with Gasteiger partial charge < -0.3 is 5.73 Å². The topological polar surface area (TPSA) is 67.6 Å². The van der Waals surface area contributed by atoms with E-state index in [1.54, 1.807) is 11.3 Å². The van der Waals surface area contributed by atoms with Gasteiger partial charge in [0.25, 0.3) is 0 Å². The van der Waals surface area contributed by atoms with E-state index in [0.29, 0.717) is 5.82 Å². The van der Waals surface area contributed by atoms with Gasteiger partial charge in [0, 0.05) is 6.20 Å². The summed E-state index contributed by atoms with van der Waals surface area (Å²) in [7, 11) is 0. The fourth-order valence-corrected chi connectivity index (χ4v) is 2.98. The largest absolute Gasteiger partial charge is 0.382 e. The van der Waals surface area contributed by atoms with Crippen LogP contribution in [0.2, 0.25) is 0 Å². The zero-order chi connectivity index (χ0) is 14.3. The van der Waals surface area contributed by atoms with Crippen molar-refractivity contribution in [1.82, 2.24) is 15.2 Å². The summed E-state index contributed by atoms with van der Waals surface area (Å²) in [6.07, 6.45) is 1.86. The van der Waals surface area contributed by atoms with E-state index in [2.05, 4.69) is 47.2 Å². The molecule has 1 aromatic carbocycles. The quantitative estimate of drug-likeness (QED) is 0.754. The molecule has 3 N–H and O–H groups in total. The second-order valence-electron chi connectivity index (χ2n) is 4.90. The van der Waals surface area contributed by atoms with E-state index in [0.717, 1.165) is 26.7 Å². The van der Waals surface area contributed by atoms with Crippen molar-refractivity contribution in [3.05, 3.63) is 40.5 Å². The molecule has 0 unspecified atom stereocenters. The molecule has 0 saturated carbocycles. The highest BCUT2D eigenvalue weighted by atomic mass is 32.1. The molecule has 0 amide bonds. The van der Waals surface area contributed by atoms with Crippen molar-refractivity contribution in [2.75, 3.05) is 5.73 Å². The number of nitrogens with one attached hydrogen (secondary N) is 1. The fraction of sp³-hybridized carbons (Fsp3) is 0.200. The first kappa shape index (κ1) is 12.9. The van der Waals surface area contributed by atoms with Gasteiger partial charge in [-0.3, -0.25) is 5.10 Å². The van der Waals surface area contributed by atoms with Crippen molar-refractivity contribution in [3.8, 4) is 21.7 Å². The third-order valence-corrected chi connectivity index (χ3v) is 4.39. The van der Waals surface area contributed by atoms with Gasteiger partial charge >= 0.3 is 0 Å². The Bertz CT molecular complexity index is 770. The van der Waals surface area contributed by atoms with Gasteiger partial charge in [-0.25, -0.2) is 4.98 Å². The molecule has 102 valence electrons. The van der Waals surface area contributed by atoms with Crippen LogP contribution in [0.4, 0.5) is 5.82 Å². The van der Waals surface area contributed by atoms with E-state index in [9.17, 15) is 0 Å². The van der Waals surface area contributed by atoms with Gasteiger partial charge in [-0.05, 0) is 37.5 Å². The number of rotatable bonds is 2. The second-order valence-corrected chi connectivity index (χ2v) is 6.14. The lowest BCUT2D eigenvalue weighted by atomic mass is 10.00. The van der Waals surface area contributed by atoms with E-state index in [1.807, 2.05) is 13.1 Å². The summed E-state index contributed by atoms with van der Waals surface area (Å²) in [5, 5.41) is 8.22. The highest BCUT2D eigenvalue weighted by Crippen LogP contribution is 2.37. The van der Waals surface area contributed by atoms with Crippen LogP contribution in [-0.2, 0) is 0 Å². The lowest BCUT2D eigenvalue weighted by molar-refractivity contribution is 1.10. The number of hydrogen-bond acceptors (Lipinski definition) is 4. The van der Waals surface area contributed by atoms with E-state index in [1.165, 1.54) is 11.1 Å². The molecule has 0 atom stereocenters. The number of hydrogen-bond donors (Lipinski definition) is 2. The molecule has 3 rings (SSSR count). The molecule has 0 spiro atoms. The van der Waals surface area contributed by atoms with Crippen LogP contribution < -0.4 is 5.73 Å². The molecule has 0 aliphatic carbocycles. The Hall–Kier alpha value is -2.14. The van der Waals surface area contributed by atoms with E-state index in [4.69, 9.17) is 5.73 Å². The van der Waals surface area contributed by atoms with Crippen LogP contribution in [0.25, 0.3) is 21.7 Å². The number of benzene rings is 1. The van der Waals surface area contributed by atoms with Crippen LogP contribution in [0.3, 0.4) is 0 Å². The van der Waals surface area contributed by atoms with Crippen molar-refractivity contribution in [2.24, 2.45) is 0 Å². The third kappa shape index (κ3) is 2.10. The first-order valence-corrected chi connectivity index (χ1v) is 7.22. The molecule has 0 radical (unpaired) electrons. The minimum absolute atomic E-state index is 0.523. The maximum absolute atomic E-state index is 6.05. The lowest BCUT2D eigenvalue weighted by Crippen LogP contribution is -1.90. The Balaban J connectivity index is 2.18. The zero-order valence-electron chi connectivity index (χ0n) is 11.7. The minimum atomic E-state index is 0.523. The summed E-state index contributed by atoms with van der Waals surface area (Å²) in [6, 6.07) is 6.34. The Morgan fingerprint density at radius 1 is 1.15 bits per heavy atom. The summed E-state index contributed by atoms with van der Waals surface area (Å²) >= 11 is 1.63.